The van der Waals surface area contributed by atoms with Crippen LogP contribution in [0.5, 0.6) is 11.5 Å². The minimum atomic E-state index is -0.0705. The highest BCUT2D eigenvalue weighted by atomic mass is 16.5. The Kier molecular flexibility index (Phi) is 5.44. The van der Waals surface area contributed by atoms with E-state index >= 15 is 0 Å². The van der Waals surface area contributed by atoms with E-state index in [9.17, 15) is 4.79 Å². The quantitative estimate of drug-likeness (QED) is 0.870. The minimum Gasteiger partial charge on any atom is -0.493 e. The molecule has 1 aromatic rings. The van der Waals surface area contributed by atoms with Crippen molar-refractivity contribution in [2.75, 3.05) is 33.9 Å². The van der Waals surface area contributed by atoms with Crippen LogP contribution >= 0.6 is 0 Å². The van der Waals surface area contributed by atoms with Crippen LogP contribution in [0.4, 0.5) is 0 Å². The smallest absolute Gasteiger partial charge is 0.251 e. The highest BCUT2D eigenvalue weighted by Crippen LogP contribution is 2.27. The zero-order valence-electron chi connectivity index (χ0n) is 13.0. The van der Waals surface area contributed by atoms with Gasteiger partial charge in [-0.25, -0.2) is 0 Å². The summed E-state index contributed by atoms with van der Waals surface area (Å²) in [6, 6.07) is 5.67. The van der Waals surface area contributed by atoms with E-state index in [0.29, 0.717) is 29.6 Å². The van der Waals surface area contributed by atoms with Crippen LogP contribution in [0.2, 0.25) is 0 Å². The first-order valence-electron chi connectivity index (χ1n) is 7.43. The third-order valence-corrected chi connectivity index (χ3v) is 4.05. The van der Waals surface area contributed by atoms with Gasteiger partial charge in [0, 0.05) is 18.2 Å². The predicted molar refractivity (Wildman–Crippen MR) is 82.1 cm³/mol. The summed E-state index contributed by atoms with van der Waals surface area (Å²) in [6.45, 7) is 5.03. The fourth-order valence-electron chi connectivity index (χ4n) is 2.83. The molecule has 0 unspecified atom stereocenters. The standard InChI is InChI=1S/C16H24N2O3/c1-4-18-9-5-6-13(18)11-17-16(19)12-7-8-14(20-2)15(10-12)21-3/h7-8,10,13H,4-6,9,11H2,1-3H3,(H,17,19)/t13-/m1/s1. The van der Waals surface area contributed by atoms with Crippen molar-refractivity contribution in [2.24, 2.45) is 0 Å². The molecule has 1 atom stereocenters. The molecule has 1 aliphatic rings. The average Bonchev–Trinajstić information content (AvgIpc) is 2.99. The number of benzene rings is 1. The maximum Gasteiger partial charge on any atom is 0.251 e. The maximum absolute atomic E-state index is 12.2. The lowest BCUT2D eigenvalue weighted by Crippen LogP contribution is -2.40. The lowest BCUT2D eigenvalue weighted by atomic mass is 10.1. The molecule has 1 saturated heterocycles. The molecule has 116 valence electrons. The molecule has 0 radical (unpaired) electrons. The second kappa shape index (κ2) is 7.31. The van der Waals surface area contributed by atoms with E-state index in [1.807, 2.05) is 0 Å². The second-order valence-electron chi connectivity index (χ2n) is 5.20. The Balaban J connectivity index is 1.97. The fourth-order valence-corrected chi connectivity index (χ4v) is 2.83. The SMILES string of the molecule is CCN1CCC[C@@H]1CNC(=O)c1ccc(OC)c(OC)c1. The topological polar surface area (TPSA) is 50.8 Å². The Morgan fingerprint density at radius 2 is 2.10 bits per heavy atom. The van der Waals surface area contributed by atoms with Crippen LogP contribution in [0.1, 0.15) is 30.1 Å². The molecule has 0 saturated carbocycles. The summed E-state index contributed by atoms with van der Waals surface area (Å²) in [7, 11) is 3.15. The van der Waals surface area contributed by atoms with Crippen LogP contribution < -0.4 is 14.8 Å². The molecule has 5 nitrogen and oxygen atoms in total. The minimum absolute atomic E-state index is 0.0705. The number of methoxy groups -OCH3 is 2. The summed E-state index contributed by atoms with van der Waals surface area (Å²) in [4.78, 5) is 14.6. The van der Waals surface area contributed by atoms with Gasteiger partial charge in [-0.05, 0) is 44.1 Å². The van der Waals surface area contributed by atoms with Crippen molar-refractivity contribution in [1.82, 2.24) is 10.2 Å². The molecule has 1 N–H and O–H groups in total. The molecular weight excluding hydrogens is 268 g/mol. The third kappa shape index (κ3) is 3.67. The number of nitrogens with one attached hydrogen (secondary N) is 1. The predicted octanol–water partition coefficient (Wildman–Crippen LogP) is 1.92. The van der Waals surface area contributed by atoms with E-state index in [4.69, 9.17) is 9.47 Å². The first-order chi connectivity index (χ1) is 10.2. The van der Waals surface area contributed by atoms with Gasteiger partial charge in [0.1, 0.15) is 0 Å². The molecule has 1 aromatic carbocycles. The summed E-state index contributed by atoms with van der Waals surface area (Å²) < 4.78 is 10.4. The number of carbonyl (C=O) groups is 1. The molecule has 1 heterocycles. The van der Waals surface area contributed by atoms with E-state index in [2.05, 4.69) is 17.1 Å². The molecule has 21 heavy (non-hydrogen) atoms. The van der Waals surface area contributed by atoms with Crippen molar-refractivity contribution in [3.63, 3.8) is 0 Å². The number of rotatable bonds is 6. The van der Waals surface area contributed by atoms with Crippen LogP contribution in [-0.2, 0) is 0 Å². The number of likely N-dealkylation sites (tertiary alicyclic amines) is 1. The Labute approximate surface area is 126 Å². The van der Waals surface area contributed by atoms with Crippen LogP contribution in [-0.4, -0.2) is 50.7 Å². The van der Waals surface area contributed by atoms with Gasteiger partial charge in [-0.2, -0.15) is 0 Å². The monoisotopic (exact) mass is 292 g/mol. The third-order valence-electron chi connectivity index (χ3n) is 4.05. The van der Waals surface area contributed by atoms with Crippen molar-refractivity contribution >= 4 is 5.91 Å². The van der Waals surface area contributed by atoms with Crippen molar-refractivity contribution in [1.29, 1.82) is 0 Å². The molecule has 1 amide bonds. The maximum atomic E-state index is 12.2. The van der Waals surface area contributed by atoms with Crippen molar-refractivity contribution < 1.29 is 14.3 Å². The van der Waals surface area contributed by atoms with Gasteiger partial charge in [0.2, 0.25) is 0 Å². The highest BCUT2D eigenvalue weighted by Gasteiger charge is 2.23. The van der Waals surface area contributed by atoms with Crippen LogP contribution in [0.25, 0.3) is 0 Å². The fraction of sp³-hybridized carbons (Fsp3) is 0.562. The van der Waals surface area contributed by atoms with Crippen molar-refractivity contribution in [2.45, 2.75) is 25.8 Å². The van der Waals surface area contributed by atoms with E-state index in [0.717, 1.165) is 19.5 Å². The zero-order valence-corrected chi connectivity index (χ0v) is 13.0. The van der Waals surface area contributed by atoms with Crippen molar-refractivity contribution in [3.05, 3.63) is 23.8 Å². The van der Waals surface area contributed by atoms with E-state index in [1.165, 1.54) is 6.42 Å². The number of hydrogen-bond donors (Lipinski definition) is 1. The Bertz CT molecular complexity index is 490. The molecule has 5 heteroatoms. The first kappa shape index (κ1) is 15.6. The number of carbonyl (C=O) groups excluding carboxylic acids is 1. The van der Waals surface area contributed by atoms with Gasteiger partial charge in [-0.3, -0.25) is 9.69 Å². The Hall–Kier alpha value is -1.75. The Morgan fingerprint density at radius 3 is 2.76 bits per heavy atom. The van der Waals surface area contributed by atoms with Gasteiger partial charge >= 0.3 is 0 Å². The van der Waals surface area contributed by atoms with Gasteiger partial charge < -0.3 is 14.8 Å². The van der Waals surface area contributed by atoms with E-state index in [1.54, 1.807) is 32.4 Å². The summed E-state index contributed by atoms with van der Waals surface area (Å²) in [6.07, 6.45) is 2.37. The summed E-state index contributed by atoms with van der Waals surface area (Å²) in [5.74, 6) is 1.13. The lowest BCUT2D eigenvalue weighted by Gasteiger charge is -2.22. The number of amides is 1. The molecule has 0 aliphatic carbocycles. The number of likely N-dealkylation sites (N-methyl/N-ethyl adjacent to an activating group) is 1. The van der Waals surface area contributed by atoms with Crippen LogP contribution in [0.15, 0.2) is 18.2 Å². The highest BCUT2D eigenvalue weighted by molar-refractivity contribution is 5.94. The second-order valence-corrected chi connectivity index (χ2v) is 5.20. The zero-order chi connectivity index (χ0) is 15.2. The van der Waals surface area contributed by atoms with Gasteiger partial charge in [0.05, 0.1) is 14.2 Å². The lowest BCUT2D eigenvalue weighted by molar-refractivity contribution is 0.0941. The van der Waals surface area contributed by atoms with Crippen molar-refractivity contribution in [3.8, 4) is 11.5 Å². The summed E-state index contributed by atoms with van der Waals surface area (Å²) in [5, 5.41) is 3.02. The molecule has 1 aliphatic heterocycles. The Morgan fingerprint density at radius 1 is 1.33 bits per heavy atom. The van der Waals surface area contributed by atoms with Gasteiger partial charge in [-0.1, -0.05) is 6.92 Å². The number of ether oxygens (including phenoxy) is 2. The molecule has 2 rings (SSSR count). The summed E-state index contributed by atoms with van der Waals surface area (Å²) >= 11 is 0. The average molecular weight is 292 g/mol. The first-order valence-corrected chi connectivity index (χ1v) is 7.43. The molecular formula is C16H24N2O3. The number of hydrogen-bond acceptors (Lipinski definition) is 4. The molecule has 0 spiro atoms. The molecule has 0 aromatic heterocycles. The molecule has 0 bridgehead atoms. The van der Waals surface area contributed by atoms with E-state index in [-0.39, 0.29) is 5.91 Å². The summed E-state index contributed by atoms with van der Waals surface area (Å²) in [5.41, 5.74) is 0.591. The normalized spacial score (nSPS) is 18.5. The van der Waals surface area contributed by atoms with Gasteiger partial charge in [-0.15, -0.1) is 0 Å². The van der Waals surface area contributed by atoms with Crippen LogP contribution in [0, 0.1) is 0 Å². The van der Waals surface area contributed by atoms with E-state index < -0.39 is 0 Å². The van der Waals surface area contributed by atoms with Crippen LogP contribution in [0.3, 0.4) is 0 Å². The van der Waals surface area contributed by atoms with Gasteiger partial charge in [0.25, 0.3) is 5.91 Å². The molecule has 1 fully saturated rings. The largest absolute Gasteiger partial charge is 0.493 e. The number of nitrogens with zero attached hydrogens (tertiary/aromatic N) is 1. The van der Waals surface area contributed by atoms with Gasteiger partial charge in [0.15, 0.2) is 11.5 Å².